The molecule has 2 aromatic rings. The van der Waals surface area contributed by atoms with Crippen molar-refractivity contribution in [2.24, 2.45) is 0 Å². The summed E-state index contributed by atoms with van der Waals surface area (Å²) in [6.07, 6.45) is 0. The van der Waals surface area contributed by atoms with Gasteiger partial charge in [-0.15, -0.1) is 11.3 Å². The number of nitro benzene ring substituents is 1. The fourth-order valence-electron chi connectivity index (χ4n) is 1.44. The number of aromatic nitrogens is 1. The van der Waals surface area contributed by atoms with Gasteiger partial charge in [0.25, 0.3) is 0 Å². The highest BCUT2D eigenvalue weighted by molar-refractivity contribution is 7.07. The first-order valence-corrected chi connectivity index (χ1v) is 5.40. The molecule has 6 heteroatoms. The van der Waals surface area contributed by atoms with Gasteiger partial charge in [-0.1, -0.05) is 0 Å². The van der Waals surface area contributed by atoms with Gasteiger partial charge in [0, 0.05) is 11.4 Å². The summed E-state index contributed by atoms with van der Waals surface area (Å²) in [6, 6.07) is 3.02. The minimum absolute atomic E-state index is 0.289. The summed E-state index contributed by atoms with van der Waals surface area (Å²) in [7, 11) is 0. The number of benzene rings is 1. The van der Waals surface area contributed by atoms with Crippen LogP contribution in [0.3, 0.4) is 0 Å². The highest BCUT2D eigenvalue weighted by Gasteiger charge is 2.19. The van der Waals surface area contributed by atoms with E-state index in [0.717, 1.165) is 0 Å². The van der Waals surface area contributed by atoms with Gasteiger partial charge >= 0.3 is 5.69 Å². The van der Waals surface area contributed by atoms with Crippen molar-refractivity contribution in [3.05, 3.63) is 38.7 Å². The van der Waals surface area contributed by atoms with Crippen molar-refractivity contribution >= 4 is 17.0 Å². The molecule has 5 nitrogen and oxygen atoms in total. The lowest BCUT2D eigenvalue weighted by molar-refractivity contribution is -0.385. The number of hydrogen-bond acceptors (Lipinski definition) is 5. The van der Waals surface area contributed by atoms with E-state index in [1.54, 1.807) is 23.9 Å². The lowest BCUT2D eigenvalue weighted by Crippen LogP contribution is -1.92. The van der Waals surface area contributed by atoms with Crippen LogP contribution >= 0.6 is 11.3 Å². The van der Waals surface area contributed by atoms with Crippen molar-refractivity contribution < 1.29 is 10.0 Å². The average Bonchev–Trinajstić information content (AvgIpc) is 2.73. The molecule has 1 aromatic carbocycles. The number of thiazole rings is 1. The Hall–Kier alpha value is -1.95. The molecule has 82 valence electrons. The van der Waals surface area contributed by atoms with Crippen LogP contribution in [0.2, 0.25) is 0 Å². The number of phenolic OH excluding ortho intramolecular Hbond substituents is 1. The van der Waals surface area contributed by atoms with E-state index in [-0.39, 0.29) is 11.4 Å². The molecule has 0 aliphatic carbocycles. The summed E-state index contributed by atoms with van der Waals surface area (Å²) >= 11 is 1.37. The Morgan fingerprint density at radius 2 is 2.25 bits per heavy atom. The van der Waals surface area contributed by atoms with E-state index < -0.39 is 4.92 Å². The van der Waals surface area contributed by atoms with Crippen molar-refractivity contribution in [1.29, 1.82) is 0 Å². The number of nitrogens with zero attached hydrogens (tertiary/aromatic N) is 2. The number of nitro groups is 1. The van der Waals surface area contributed by atoms with Crippen LogP contribution in [0.4, 0.5) is 5.69 Å². The van der Waals surface area contributed by atoms with Gasteiger partial charge in [0.15, 0.2) is 0 Å². The Labute approximate surface area is 95.2 Å². The number of aryl methyl sites for hydroxylation is 1. The van der Waals surface area contributed by atoms with E-state index in [1.807, 2.05) is 0 Å². The van der Waals surface area contributed by atoms with Crippen LogP contribution in [0, 0.1) is 17.0 Å². The van der Waals surface area contributed by atoms with Crippen molar-refractivity contribution in [2.75, 3.05) is 0 Å². The molecule has 0 aliphatic rings. The number of aromatic hydroxyl groups is 1. The zero-order valence-electron chi connectivity index (χ0n) is 8.38. The maximum absolute atomic E-state index is 10.7. The van der Waals surface area contributed by atoms with Gasteiger partial charge in [-0.25, -0.2) is 4.98 Å². The Balaban J connectivity index is 2.67. The van der Waals surface area contributed by atoms with E-state index in [0.29, 0.717) is 16.8 Å². The normalized spacial score (nSPS) is 10.3. The second kappa shape index (κ2) is 3.90. The van der Waals surface area contributed by atoms with E-state index in [2.05, 4.69) is 4.98 Å². The fraction of sp³-hybridized carbons (Fsp3) is 0.100. The van der Waals surface area contributed by atoms with E-state index in [9.17, 15) is 15.2 Å². The summed E-state index contributed by atoms with van der Waals surface area (Å²) < 4.78 is 0. The molecule has 1 heterocycles. The number of phenols is 1. The SMILES string of the molecule is Cc1cc(-c2cscn2)c(O)c([N+](=O)[O-])c1. The minimum atomic E-state index is -0.599. The predicted octanol–water partition coefficient (Wildman–Crippen LogP) is 2.73. The van der Waals surface area contributed by atoms with Crippen molar-refractivity contribution in [3.8, 4) is 17.0 Å². The van der Waals surface area contributed by atoms with Gasteiger partial charge in [0.1, 0.15) is 0 Å². The lowest BCUT2D eigenvalue weighted by Gasteiger charge is -2.03. The van der Waals surface area contributed by atoms with E-state index in [4.69, 9.17) is 0 Å². The predicted molar refractivity (Wildman–Crippen MR) is 60.6 cm³/mol. The van der Waals surface area contributed by atoms with Crippen LogP contribution < -0.4 is 0 Å². The molecule has 1 aromatic heterocycles. The monoisotopic (exact) mass is 236 g/mol. The maximum atomic E-state index is 10.7. The van der Waals surface area contributed by atoms with Gasteiger partial charge in [-0.05, 0) is 18.6 Å². The first-order valence-electron chi connectivity index (χ1n) is 4.46. The third kappa shape index (κ3) is 1.74. The molecule has 0 fully saturated rings. The summed E-state index contributed by atoms with van der Waals surface area (Å²) in [5, 5.41) is 22.2. The first kappa shape index (κ1) is 10.6. The van der Waals surface area contributed by atoms with Gasteiger partial charge < -0.3 is 5.11 Å². The molecule has 0 aliphatic heterocycles. The molecular weight excluding hydrogens is 228 g/mol. The standard InChI is InChI=1S/C10H8N2O3S/c1-6-2-7(8-4-16-5-11-8)10(13)9(3-6)12(14)15/h2-5,13H,1H3. The van der Waals surface area contributed by atoms with Crippen LogP contribution in [-0.4, -0.2) is 15.0 Å². The van der Waals surface area contributed by atoms with E-state index >= 15 is 0 Å². The van der Waals surface area contributed by atoms with Crippen molar-refractivity contribution in [2.45, 2.75) is 6.92 Å². The molecule has 1 N–H and O–H groups in total. The second-order valence-electron chi connectivity index (χ2n) is 3.31. The summed E-state index contributed by atoms with van der Waals surface area (Å²) in [5.74, 6) is -0.332. The second-order valence-corrected chi connectivity index (χ2v) is 4.03. The molecule has 0 bridgehead atoms. The molecule has 0 radical (unpaired) electrons. The van der Waals surface area contributed by atoms with Gasteiger partial charge in [0.2, 0.25) is 5.75 Å². The zero-order valence-corrected chi connectivity index (χ0v) is 9.19. The van der Waals surface area contributed by atoms with Gasteiger partial charge in [-0.2, -0.15) is 0 Å². The largest absolute Gasteiger partial charge is 0.502 e. The van der Waals surface area contributed by atoms with Crippen LogP contribution in [0.5, 0.6) is 5.75 Å². The minimum Gasteiger partial charge on any atom is -0.502 e. The first-order chi connectivity index (χ1) is 7.59. The molecule has 2 rings (SSSR count). The van der Waals surface area contributed by atoms with Crippen LogP contribution in [0.15, 0.2) is 23.0 Å². The smallest absolute Gasteiger partial charge is 0.311 e. The highest BCUT2D eigenvalue weighted by Crippen LogP contribution is 2.37. The maximum Gasteiger partial charge on any atom is 0.311 e. The topological polar surface area (TPSA) is 76.3 Å². The van der Waals surface area contributed by atoms with Crippen LogP contribution in [0.25, 0.3) is 11.3 Å². The Morgan fingerprint density at radius 1 is 1.50 bits per heavy atom. The quantitative estimate of drug-likeness (QED) is 0.642. The van der Waals surface area contributed by atoms with Crippen molar-refractivity contribution in [3.63, 3.8) is 0 Å². The highest BCUT2D eigenvalue weighted by atomic mass is 32.1. The van der Waals surface area contributed by atoms with Gasteiger partial charge in [0.05, 0.1) is 21.7 Å². The van der Waals surface area contributed by atoms with Crippen LogP contribution in [0.1, 0.15) is 5.56 Å². The van der Waals surface area contributed by atoms with Crippen LogP contribution in [-0.2, 0) is 0 Å². The Morgan fingerprint density at radius 3 is 2.81 bits per heavy atom. The molecule has 0 unspecified atom stereocenters. The summed E-state index contributed by atoms with van der Waals surface area (Å²) in [4.78, 5) is 14.1. The third-order valence-electron chi connectivity index (χ3n) is 2.14. The lowest BCUT2D eigenvalue weighted by atomic mass is 10.1. The average molecular weight is 236 g/mol. The molecule has 0 atom stereocenters. The molecular formula is C10H8N2O3S. The van der Waals surface area contributed by atoms with Crippen molar-refractivity contribution in [1.82, 2.24) is 4.98 Å². The summed E-state index contributed by atoms with van der Waals surface area (Å²) in [6.45, 7) is 1.74. The Bertz CT molecular complexity index is 537. The fourth-order valence-corrected chi connectivity index (χ4v) is 1.99. The molecule has 0 saturated heterocycles. The number of hydrogen-bond donors (Lipinski definition) is 1. The van der Waals surface area contributed by atoms with Gasteiger partial charge in [-0.3, -0.25) is 10.1 Å². The summed E-state index contributed by atoms with van der Waals surface area (Å²) in [5.41, 5.74) is 2.99. The molecule has 0 amide bonds. The number of rotatable bonds is 2. The zero-order chi connectivity index (χ0) is 11.7. The molecule has 0 spiro atoms. The molecule has 0 saturated carbocycles. The van der Waals surface area contributed by atoms with E-state index in [1.165, 1.54) is 17.4 Å². The third-order valence-corrected chi connectivity index (χ3v) is 2.73. The Kier molecular flexibility index (Phi) is 2.57. The molecule has 16 heavy (non-hydrogen) atoms.